The van der Waals surface area contributed by atoms with Crippen molar-refractivity contribution in [2.75, 3.05) is 25.5 Å². The minimum atomic E-state index is -1.42. The van der Waals surface area contributed by atoms with Gasteiger partial charge in [-0.05, 0) is 55.0 Å². The van der Waals surface area contributed by atoms with Crippen LogP contribution in [-0.4, -0.2) is 53.9 Å². The number of nitrogens with one attached hydrogen (secondary N) is 2. The maximum absolute atomic E-state index is 13.5. The van der Waals surface area contributed by atoms with Gasteiger partial charge in [0, 0.05) is 31.3 Å². The minimum absolute atomic E-state index is 0.0650. The third-order valence-corrected chi connectivity index (χ3v) is 7.26. The molecule has 0 radical (unpaired) electrons. The number of imide groups is 1. The molecule has 3 aliphatic rings. The van der Waals surface area contributed by atoms with Gasteiger partial charge in [0.2, 0.25) is 11.5 Å². The van der Waals surface area contributed by atoms with Gasteiger partial charge < -0.3 is 20.3 Å². The first-order chi connectivity index (χ1) is 16.8. The van der Waals surface area contributed by atoms with E-state index in [0.717, 1.165) is 34.4 Å². The summed E-state index contributed by atoms with van der Waals surface area (Å²) in [4.78, 5) is 53.9. The van der Waals surface area contributed by atoms with Crippen LogP contribution in [0.1, 0.15) is 47.6 Å². The van der Waals surface area contributed by atoms with Crippen molar-refractivity contribution in [3.05, 3.63) is 64.7 Å². The number of rotatable bonds is 4. The normalized spacial score (nSPS) is 23.0. The smallest absolute Gasteiger partial charge is 0.418 e. The number of hydrogen-bond donors (Lipinski definition) is 2. The van der Waals surface area contributed by atoms with Gasteiger partial charge in [0.15, 0.2) is 0 Å². The van der Waals surface area contributed by atoms with E-state index in [1.165, 1.54) is 7.05 Å². The summed E-state index contributed by atoms with van der Waals surface area (Å²) in [5.74, 6) is -0.769. The van der Waals surface area contributed by atoms with E-state index in [0.29, 0.717) is 30.6 Å². The molecule has 2 N–H and O–H groups in total. The van der Waals surface area contributed by atoms with Gasteiger partial charge in [-0.3, -0.25) is 9.59 Å². The number of benzene rings is 2. The van der Waals surface area contributed by atoms with Crippen LogP contribution in [0.5, 0.6) is 0 Å². The number of ether oxygens (including phenoxy) is 1. The summed E-state index contributed by atoms with van der Waals surface area (Å²) < 4.78 is 5.66. The Labute approximate surface area is 203 Å². The zero-order valence-electron chi connectivity index (χ0n) is 19.8. The van der Waals surface area contributed by atoms with E-state index < -0.39 is 17.6 Å². The first-order valence-electron chi connectivity index (χ1n) is 11.9. The Balaban J connectivity index is 1.34. The van der Waals surface area contributed by atoms with Gasteiger partial charge in [-0.2, -0.15) is 0 Å². The van der Waals surface area contributed by atoms with Gasteiger partial charge in [0.25, 0.3) is 5.91 Å². The number of fused-ring (bicyclic) bond motifs is 2. The van der Waals surface area contributed by atoms with Crippen molar-refractivity contribution in [3.8, 4) is 0 Å². The molecule has 2 heterocycles. The maximum Gasteiger partial charge on any atom is 0.418 e. The lowest BCUT2D eigenvalue weighted by Gasteiger charge is -2.27. The summed E-state index contributed by atoms with van der Waals surface area (Å²) in [6, 6.07) is 12.7. The summed E-state index contributed by atoms with van der Waals surface area (Å²) in [6.45, 7) is 2.27. The third-order valence-electron chi connectivity index (χ3n) is 7.26. The molecular formula is C26H28N4O5. The van der Waals surface area contributed by atoms with Crippen LogP contribution in [0.3, 0.4) is 0 Å². The van der Waals surface area contributed by atoms with Crippen LogP contribution >= 0.6 is 0 Å². The van der Waals surface area contributed by atoms with Crippen molar-refractivity contribution in [1.29, 1.82) is 0 Å². The van der Waals surface area contributed by atoms with Crippen LogP contribution in [0, 0.1) is 6.92 Å². The molecule has 9 nitrogen and oxygen atoms in total. The van der Waals surface area contributed by atoms with Crippen molar-refractivity contribution in [1.82, 2.24) is 15.1 Å². The summed E-state index contributed by atoms with van der Waals surface area (Å²) in [6.07, 6.45) is 1.73. The summed E-state index contributed by atoms with van der Waals surface area (Å²) in [5.41, 5.74) is 2.80. The highest BCUT2D eigenvalue weighted by molar-refractivity contribution is 6.06. The number of carbonyl (C=O) groups is 4. The molecule has 2 aromatic carbocycles. The van der Waals surface area contributed by atoms with E-state index >= 15 is 0 Å². The second-order valence-electron chi connectivity index (χ2n) is 9.26. The zero-order valence-corrected chi connectivity index (χ0v) is 19.8. The molecule has 0 aromatic heterocycles. The molecule has 9 heteroatoms. The summed E-state index contributed by atoms with van der Waals surface area (Å²) in [5, 5.41) is 5.19. The Hall–Kier alpha value is -3.88. The minimum Gasteiger partial charge on any atom is -0.427 e. The van der Waals surface area contributed by atoms with Crippen molar-refractivity contribution < 1.29 is 23.9 Å². The lowest BCUT2D eigenvalue weighted by molar-refractivity contribution is -0.142. The fourth-order valence-electron chi connectivity index (χ4n) is 5.50. The number of nitrogens with zero attached hydrogens (tertiary/aromatic N) is 2. The van der Waals surface area contributed by atoms with Crippen molar-refractivity contribution in [2.24, 2.45) is 0 Å². The lowest BCUT2D eigenvalue weighted by atomic mass is 9.94. The highest BCUT2D eigenvalue weighted by atomic mass is 16.6. The van der Waals surface area contributed by atoms with Gasteiger partial charge >= 0.3 is 12.1 Å². The molecule has 1 spiro atoms. The molecular weight excluding hydrogens is 448 g/mol. The highest BCUT2D eigenvalue weighted by Gasteiger charge is 2.58. The molecule has 5 amide bonds. The zero-order chi connectivity index (χ0) is 24.7. The van der Waals surface area contributed by atoms with Gasteiger partial charge in [-0.15, -0.1) is 0 Å². The van der Waals surface area contributed by atoms with E-state index in [4.69, 9.17) is 4.74 Å². The number of carbonyl (C=O) groups excluding carboxylic acids is 4. The fourth-order valence-corrected chi connectivity index (χ4v) is 5.50. The van der Waals surface area contributed by atoms with Gasteiger partial charge in [0.05, 0.1) is 6.04 Å². The molecule has 2 unspecified atom stereocenters. The topological polar surface area (TPSA) is 108 Å². The summed E-state index contributed by atoms with van der Waals surface area (Å²) in [7, 11) is 1.52. The third kappa shape index (κ3) is 3.80. The molecule has 0 bridgehead atoms. The fraction of sp³-hybridized carbons (Fsp3) is 0.385. The Bertz CT molecular complexity index is 1230. The molecule has 182 valence electrons. The Kier molecular flexibility index (Phi) is 5.70. The first kappa shape index (κ1) is 22.9. The molecule has 5 rings (SSSR count). The molecule has 2 fully saturated rings. The Morgan fingerprint density at radius 2 is 1.97 bits per heavy atom. The van der Waals surface area contributed by atoms with Gasteiger partial charge in [-0.1, -0.05) is 30.3 Å². The Morgan fingerprint density at radius 1 is 1.17 bits per heavy atom. The second kappa shape index (κ2) is 8.72. The largest absolute Gasteiger partial charge is 0.427 e. The number of amides is 5. The van der Waals surface area contributed by atoms with Crippen LogP contribution in [0.25, 0.3) is 0 Å². The number of likely N-dealkylation sites (tertiary alicyclic amines) is 1. The quantitative estimate of drug-likeness (QED) is 0.705. The molecule has 35 heavy (non-hydrogen) atoms. The number of urea groups is 1. The highest BCUT2D eigenvalue weighted by Crippen LogP contribution is 2.46. The first-order valence-corrected chi connectivity index (χ1v) is 11.9. The van der Waals surface area contributed by atoms with E-state index in [2.05, 4.69) is 10.6 Å². The maximum atomic E-state index is 13.5. The second-order valence-corrected chi connectivity index (χ2v) is 9.26. The van der Waals surface area contributed by atoms with E-state index in [1.807, 2.05) is 31.2 Å². The molecule has 1 aliphatic carbocycles. The van der Waals surface area contributed by atoms with Gasteiger partial charge in [0.1, 0.15) is 6.54 Å². The molecule has 0 saturated carbocycles. The average Bonchev–Trinajstić information content (AvgIpc) is 3.53. The molecule has 2 saturated heterocycles. The predicted molar refractivity (Wildman–Crippen MR) is 128 cm³/mol. The van der Waals surface area contributed by atoms with Crippen molar-refractivity contribution >= 4 is 29.6 Å². The Morgan fingerprint density at radius 3 is 2.74 bits per heavy atom. The lowest BCUT2D eigenvalue weighted by Crippen LogP contribution is -2.44. The standard InChI is InChI=1S/C26H28N4O5/c1-16-6-3-4-7-19(16)21-8-5-13-29(21)22(31)15-30-23(32)26(35-25(30)34)12-11-17-14-18(9-10-20(17)26)28-24(33)27-2/h3-4,6-7,9-10,14,21H,5,8,11-13,15H2,1-2H3,(H2,27,28,33). The number of aryl methyl sites for hydroxylation is 2. The number of anilines is 1. The van der Waals surface area contributed by atoms with Crippen LogP contribution in [-0.2, 0) is 26.3 Å². The SMILES string of the molecule is CNC(=O)Nc1ccc2c(c1)CCC21OC(=O)N(CC(=O)N2CCCC2c2ccccc2C)C1=O. The van der Waals surface area contributed by atoms with E-state index in [9.17, 15) is 19.2 Å². The van der Waals surface area contributed by atoms with E-state index in [-0.39, 0.29) is 24.5 Å². The van der Waals surface area contributed by atoms with Crippen LogP contribution in [0.4, 0.5) is 15.3 Å². The van der Waals surface area contributed by atoms with Gasteiger partial charge in [-0.25, -0.2) is 14.5 Å². The molecule has 2 aromatic rings. The average molecular weight is 477 g/mol. The monoisotopic (exact) mass is 476 g/mol. The summed E-state index contributed by atoms with van der Waals surface area (Å²) >= 11 is 0. The van der Waals surface area contributed by atoms with Crippen LogP contribution < -0.4 is 10.6 Å². The number of hydrogen-bond acceptors (Lipinski definition) is 5. The van der Waals surface area contributed by atoms with E-state index in [1.54, 1.807) is 23.1 Å². The van der Waals surface area contributed by atoms with Crippen LogP contribution in [0.15, 0.2) is 42.5 Å². The predicted octanol–water partition coefficient (Wildman–Crippen LogP) is 3.23. The molecule has 2 atom stereocenters. The van der Waals surface area contributed by atoms with Crippen LogP contribution in [0.2, 0.25) is 0 Å². The van der Waals surface area contributed by atoms with Crippen molar-refractivity contribution in [2.45, 2.75) is 44.2 Å². The van der Waals surface area contributed by atoms with Crippen molar-refractivity contribution in [3.63, 3.8) is 0 Å². The molecule has 2 aliphatic heterocycles.